The predicted molar refractivity (Wildman–Crippen MR) is 54.5 cm³/mol. The van der Waals surface area contributed by atoms with Gasteiger partial charge in [0.2, 0.25) is 0 Å². The van der Waals surface area contributed by atoms with Crippen LogP contribution in [0, 0.1) is 0 Å². The first-order chi connectivity index (χ1) is 7.43. The zero-order chi connectivity index (χ0) is 12.7. The average molecular weight is 235 g/mol. The Kier molecular flexibility index (Phi) is 6.86. The number of carboxylic acid groups (broad SMARTS) is 1. The molecule has 0 aromatic carbocycles. The number of aliphatic carboxylic acids is 1. The Hall–Kier alpha value is -0.990. The van der Waals surface area contributed by atoms with E-state index in [0.717, 1.165) is 6.08 Å². The summed E-state index contributed by atoms with van der Waals surface area (Å²) in [7, 11) is 0. The van der Waals surface area contributed by atoms with E-state index in [4.69, 9.17) is 31.3 Å². The third kappa shape index (κ3) is 4.69. The first-order valence-electron chi connectivity index (χ1n) is 4.73. The highest BCUT2D eigenvalue weighted by Crippen LogP contribution is 2.19. The number of hydrogen-bond acceptors (Lipinski definition) is 6. The van der Waals surface area contributed by atoms with Crippen molar-refractivity contribution in [2.24, 2.45) is 5.73 Å². The van der Waals surface area contributed by atoms with Crippen molar-refractivity contribution in [2.45, 2.75) is 24.7 Å². The first kappa shape index (κ1) is 15.0. The summed E-state index contributed by atoms with van der Waals surface area (Å²) in [5.74, 6) is -1.18. The third-order valence-electron chi connectivity index (χ3n) is 1.95. The molecule has 7 nitrogen and oxygen atoms in total. The van der Waals surface area contributed by atoms with Crippen LogP contribution in [0.3, 0.4) is 0 Å². The second-order valence-electron chi connectivity index (χ2n) is 3.26. The van der Waals surface area contributed by atoms with E-state index in [1.165, 1.54) is 0 Å². The van der Waals surface area contributed by atoms with Crippen molar-refractivity contribution in [2.75, 3.05) is 13.2 Å². The molecule has 0 aliphatic heterocycles. The van der Waals surface area contributed by atoms with Crippen LogP contribution in [0.5, 0.6) is 0 Å². The van der Waals surface area contributed by atoms with Crippen LogP contribution in [0.2, 0.25) is 0 Å². The molecule has 3 unspecified atom stereocenters. The summed E-state index contributed by atoms with van der Waals surface area (Å²) in [6.45, 7) is 0.472. The molecule has 0 radical (unpaired) electrons. The van der Waals surface area contributed by atoms with Gasteiger partial charge in [0.1, 0.15) is 12.2 Å². The van der Waals surface area contributed by atoms with Crippen LogP contribution in [0.15, 0.2) is 11.6 Å². The SMILES string of the molecule is NCCO.O=C(O)C1=CC(O)C(O)C(O)C1. The smallest absolute Gasteiger partial charge is 0.331 e. The molecule has 1 aliphatic carbocycles. The first-order valence-corrected chi connectivity index (χ1v) is 4.73. The summed E-state index contributed by atoms with van der Waals surface area (Å²) in [5.41, 5.74) is 4.71. The zero-order valence-electron chi connectivity index (χ0n) is 8.65. The normalized spacial score (nSPS) is 28.8. The summed E-state index contributed by atoms with van der Waals surface area (Å²) in [4.78, 5) is 10.4. The molecule has 0 saturated heterocycles. The van der Waals surface area contributed by atoms with E-state index in [0.29, 0.717) is 6.54 Å². The monoisotopic (exact) mass is 235 g/mol. The van der Waals surface area contributed by atoms with E-state index in [1.807, 2.05) is 0 Å². The van der Waals surface area contributed by atoms with Crippen LogP contribution in [-0.2, 0) is 4.79 Å². The van der Waals surface area contributed by atoms with Gasteiger partial charge in [-0.25, -0.2) is 4.79 Å². The summed E-state index contributed by atoms with van der Waals surface area (Å²) >= 11 is 0. The third-order valence-corrected chi connectivity index (χ3v) is 1.95. The second-order valence-corrected chi connectivity index (χ2v) is 3.26. The largest absolute Gasteiger partial charge is 0.478 e. The summed E-state index contributed by atoms with van der Waals surface area (Å²) in [6, 6.07) is 0. The maximum Gasteiger partial charge on any atom is 0.331 e. The van der Waals surface area contributed by atoms with Gasteiger partial charge in [0.15, 0.2) is 0 Å². The fourth-order valence-corrected chi connectivity index (χ4v) is 1.11. The molecular formula is C9H17NO6. The number of nitrogens with two attached hydrogens (primary N) is 1. The van der Waals surface area contributed by atoms with E-state index < -0.39 is 24.3 Å². The standard InChI is InChI=1S/C7H10O5.C2H7NO/c8-4-1-3(7(11)12)2-5(9)6(4)10;3-1-2-4/h1,4-6,8-10H,2H2,(H,11,12);4H,1-3H2. The van der Waals surface area contributed by atoms with Crippen molar-refractivity contribution in [3.8, 4) is 0 Å². The molecule has 16 heavy (non-hydrogen) atoms. The molecule has 7 N–H and O–H groups in total. The lowest BCUT2D eigenvalue weighted by Gasteiger charge is -2.25. The highest BCUT2D eigenvalue weighted by molar-refractivity contribution is 5.87. The quantitative estimate of drug-likeness (QED) is 0.308. The van der Waals surface area contributed by atoms with Crippen LogP contribution in [0.1, 0.15) is 6.42 Å². The van der Waals surface area contributed by atoms with E-state index in [2.05, 4.69) is 0 Å². The Morgan fingerprint density at radius 3 is 2.25 bits per heavy atom. The van der Waals surface area contributed by atoms with Gasteiger partial charge in [0.25, 0.3) is 0 Å². The Morgan fingerprint density at radius 2 is 1.94 bits per heavy atom. The van der Waals surface area contributed by atoms with Gasteiger partial charge < -0.3 is 31.3 Å². The number of rotatable bonds is 2. The number of aliphatic hydroxyl groups is 4. The van der Waals surface area contributed by atoms with E-state index in [-0.39, 0.29) is 18.6 Å². The van der Waals surface area contributed by atoms with Gasteiger partial charge in [0, 0.05) is 18.5 Å². The van der Waals surface area contributed by atoms with E-state index >= 15 is 0 Å². The lowest BCUT2D eigenvalue weighted by molar-refractivity contribution is -0.134. The highest BCUT2D eigenvalue weighted by atomic mass is 16.4. The number of aliphatic hydroxyl groups excluding tert-OH is 4. The fourth-order valence-electron chi connectivity index (χ4n) is 1.11. The minimum Gasteiger partial charge on any atom is -0.478 e. The zero-order valence-corrected chi connectivity index (χ0v) is 8.65. The molecular weight excluding hydrogens is 218 g/mol. The Morgan fingerprint density at radius 1 is 1.44 bits per heavy atom. The van der Waals surface area contributed by atoms with Crippen LogP contribution in [0.4, 0.5) is 0 Å². The Bertz CT molecular complexity index is 252. The lowest BCUT2D eigenvalue weighted by Crippen LogP contribution is -2.40. The Balaban J connectivity index is 0.000000487. The van der Waals surface area contributed by atoms with Crippen molar-refractivity contribution < 1.29 is 30.3 Å². The van der Waals surface area contributed by atoms with Gasteiger partial charge in [-0.3, -0.25) is 0 Å². The van der Waals surface area contributed by atoms with Gasteiger partial charge in [0.05, 0.1) is 12.7 Å². The topological polar surface area (TPSA) is 144 Å². The van der Waals surface area contributed by atoms with Gasteiger partial charge in [-0.05, 0) is 6.08 Å². The molecule has 0 amide bonds. The maximum absolute atomic E-state index is 10.4. The van der Waals surface area contributed by atoms with Gasteiger partial charge in [-0.1, -0.05) is 0 Å². The summed E-state index contributed by atoms with van der Waals surface area (Å²) in [5, 5.41) is 43.3. The molecule has 1 aliphatic rings. The second kappa shape index (κ2) is 7.31. The molecule has 3 atom stereocenters. The van der Waals surface area contributed by atoms with Crippen LogP contribution >= 0.6 is 0 Å². The minimum atomic E-state index is -1.29. The van der Waals surface area contributed by atoms with Crippen molar-refractivity contribution in [3.05, 3.63) is 11.6 Å². The summed E-state index contributed by atoms with van der Waals surface area (Å²) in [6.07, 6.45) is -2.86. The van der Waals surface area contributed by atoms with Crippen LogP contribution in [-0.4, -0.2) is 63.0 Å². The maximum atomic E-state index is 10.4. The number of carboxylic acids is 1. The average Bonchev–Trinajstić information content (AvgIpc) is 2.25. The molecule has 94 valence electrons. The predicted octanol–water partition coefficient (Wildman–Crippen LogP) is -2.58. The van der Waals surface area contributed by atoms with Gasteiger partial charge >= 0.3 is 5.97 Å². The van der Waals surface area contributed by atoms with E-state index in [1.54, 1.807) is 0 Å². The minimum absolute atomic E-state index is 0.0692. The van der Waals surface area contributed by atoms with Gasteiger partial charge in [-0.15, -0.1) is 0 Å². The fraction of sp³-hybridized carbons (Fsp3) is 0.667. The number of hydrogen-bond donors (Lipinski definition) is 6. The summed E-state index contributed by atoms with van der Waals surface area (Å²) < 4.78 is 0. The van der Waals surface area contributed by atoms with Crippen molar-refractivity contribution >= 4 is 5.97 Å². The van der Waals surface area contributed by atoms with E-state index in [9.17, 15) is 4.79 Å². The molecule has 0 spiro atoms. The van der Waals surface area contributed by atoms with Crippen molar-refractivity contribution in [3.63, 3.8) is 0 Å². The molecule has 0 fully saturated rings. The highest BCUT2D eigenvalue weighted by Gasteiger charge is 2.31. The lowest BCUT2D eigenvalue weighted by atomic mass is 9.92. The number of carbonyl (C=O) groups is 1. The molecule has 0 bridgehead atoms. The van der Waals surface area contributed by atoms with Crippen LogP contribution < -0.4 is 5.73 Å². The molecule has 1 rings (SSSR count). The molecule has 0 aromatic rings. The molecule has 0 saturated carbocycles. The molecule has 0 aromatic heterocycles. The Labute approximate surface area is 92.4 Å². The molecule has 0 heterocycles. The van der Waals surface area contributed by atoms with Crippen LogP contribution in [0.25, 0.3) is 0 Å². The van der Waals surface area contributed by atoms with Crippen molar-refractivity contribution in [1.82, 2.24) is 0 Å². The van der Waals surface area contributed by atoms with Gasteiger partial charge in [-0.2, -0.15) is 0 Å². The molecule has 7 heteroatoms. The van der Waals surface area contributed by atoms with Crippen molar-refractivity contribution in [1.29, 1.82) is 0 Å².